The zero-order chi connectivity index (χ0) is 18.3. The molecule has 0 unspecified atom stereocenters. The lowest BCUT2D eigenvalue weighted by Gasteiger charge is -2.18. The van der Waals surface area contributed by atoms with Gasteiger partial charge in [0, 0.05) is 18.4 Å². The minimum Gasteiger partial charge on any atom is -0.305 e. The lowest BCUT2D eigenvalue weighted by molar-refractivity contribution is 0.257. The number of pyridine rings is 1. The minimum absolute atomic E-state index is 0.0887. The van der Waals surface area contributed by atoms with Gasteiger partial charge in [-0.2, -0.15) is 5.10 Å². The van der Waals surface area contributed by atoms with Gasteiger partial charge >= 0.3 is 6.03 Å². The summed E-state index contributed by atoms with van der Waals surface area (Å²) in [6, 6.07) is 6.76. The molecule has 0 spiro atoms. The van der Waals surface area contributed by atoms with E-state index in [9.17, 15) is 9.18 Å². The number of aromatic nitrogens is 3. The first-order valence-electron chi connectivity index (χ1n) is 8.37. The van der Waals surface area contributed by atoms with Crippen molar-refractivity contribution in [2.24, 2.45) is 0 Å². The molecule has 3 heterocycles. The summed E-state index contributed by atoms with van der Waals surface area (Å²) in [6.45, 7) is 4.72. The van der Waals surface area contributed by atoms with Crippen LogP contribution in [0.3, 0.4) is 0 Å². The van der Waals surface area contributed by atoms with Crippen molar-refractivity contribution in [3.05, 3.63) is 65.4 Å². The number of benzene rings is 1. The molecule has 1 aromatic carbocycles. The highest BCUT2D eigenvalue weighted by Gasteiger charge is 2.26. The van der Waals surface area contributed by atoms with Gasteiger partial charge in [-0.15, -0.1) is 0 Å². The molecule has 2 aromatic heterocycles. The predicted molar refractivity (Wildman–Crippen MR) is 97.3 cm³/mol. The van der Waals surface area contributed by atoms with Gasteiger partial charge in [0.25, 0.3) is 0 Å². The van der Waals surface area contributed by atoms with Gasteiger partial charge < -0.3 is 5.32 Å². The van der Waals surface area contributed by atoms with Gasteiger partial charge in [0.2, 0.25) is 0 Å². The Balaban J connectivity index is 1.55. The number of halogens is 1. The number of nitrogens with zero attached hydrogens (tertiary/aromatic N) is 4. The molecule has 26 heavy (non-hydrogen) atoms. The van der Waals surface area contributed by atoms with Crippen molar-refractivity contribution < 1.29 is 9.18 Å². The number of anilines is 2. The van der Waals surface area contributed by atoms with Gasteiger partial charge in [0.15, 0.2) is 11.6 Å². The molecule has 132 valence electrons. The number of aryl methyl sites for hydroxylation is 2. The van der Waals surface area contributed by atoms with Crippen LogP contribution in [0.2, 0.25) is 0 Å². The van der Waals surface area contributed by atoms with E-state index in [0.717, 1.165) is 17.7 Å². The molecule has 0 atom stereocenters. The number of amides is 2. The van der Waals surface area contributed by atoms with Gasteiger partial charge in [-0.1, -0.05) is 6.07 Å². The van der Waals surface area contributed by atoms with Gasteiger partial charge in [-0.3, -0.25) is 4.90 Å². The Hall–Kier alpha value is -3.22. The Bertz CT molecular complexity index is 997. The smallest absolute Gasteiger partial charge is 0.305 e. The van der Waals surface area contributed by atoms with Crippen LogP contribution in [0.1, 0.15) is 16.7 Å². The Morgan fingerprint density at radius 1 is 1.31 bits per heavy atom. The fourth-order valence-electron chi connectivity index (χ4n) is 3.34. The summed E-state index contributed by atoms with van der Waals surface area (Å²) >= 11 is 0. The Labute approximate surface area is 150 Å². The molecule has 0 saturated heterocycles. The molecule has 2 amide bonds. The summed E-state index contributed by atoms with van der Waals surface area (Å²) in [5.74, 6) is -0.390. The van der Waals surface area contributed by atoms with Crippen molar-refractivity contribution in [2.45, 2.75) is 20.3 Å². The second kappa shape index (κ2) is 6.25. The number of fused-ring (bicyclic) bond motifs is 1. The van der Waals surface area contributed by atoms with Gasteiger partial charge in [-0.25, -0.2) is 18.9 Å². The zero-order valence-corrected chi connectivity index (χ0v) is 14.5. The number of nitrogens with one attached hydrogen (secondary N) is 1. The van der Waals surface area contributed by atoms with Crippen LogP contribution in [0.15, 0.2) is 42.9 Å². The standard InChI is InChI=1S/C19H18FN5O/c1-12-8-13(2)15-5-7-24(17(15)9-12)19(26)23-14-10-22-25(11-14)18-16(20)4-3-6-21-18/h3-4,6,8-11H,5,7H2,1-2H3,(H,23,26). The van der Waals surface area contributed by atoms with E-state index in [1.165, 1.54) is 40.3 Å². The number of carbonyl (C=O) groups is 1. The highest BCUT2D eigenvalue weighted by Crippen LogP contribution is 2.32. The van der Waals surface area contributed by atoms with E-state index in [1.54, 1.807) is 11.1 Å². The van der Waals surface area contributed by atoms with E-state index in [4.69, 9.17) is 0 Å². The van der Waals surface area contributed by atoms with Crippen molar-refractivity contribution in [3.8, 4) is 5.82 Å². The van der Waals surface area contributed by atoms with Crippen molar-refractivity contribution in [1.82, 2.24) is 14.8 Å². The maximum absolute atomic E-state index is 13.8. The topological polar surface area (TPSA) is 63.1 Å². The van der Waals surface area contributed by atoms with Crippen LogP contribution in [0, 0.1) is 19.7 Å². The number of carbonyl (C=O) groups excluding carboxylic acids is 1. The van der Waals surface area contributed by atoms with Gasteiger partial charge in [0.1, 0.15) is 0 Å². The van der Waals surface area contributed by atoms with Crippen molar-refractivity contribution in [1.29, 1.82) is 0 Å². The van der Waals surface area contributed by atoms with Gasteiger partial charge in [-0.05, 0) is 55.2 Å². The molecule has 1 N–H and O–H groups in total. The minimum atomic E-state index is -0.479. The average molecular weight is 351 g/mol. The van der Waals surface area contributed by atoms with Crippen LogP contribution in [0.4, 0.5) is 20.6 Å². The molecular formula is C19H18FN5O. The molecule has 3 aromatic rings. The summed E-state index contributed by atoms with van der Waals surface area (Å²) in [6.07, 6.45) is 5.35. The number of hydrogen-bond acceptors (Lipinski definition) is 3. The number of rotatable bonds is 2. The van der Waals surface area contributed by atoms with Crippen LogP contribution in [-0.2, 0) is 6.42 Å². The quantitative estimate of drug-likeness (QED) is 0.767. The number of hydrogen-bond donors (Lipinski definition) is 1. The highest BCUT2D eigenvalue weighted by molar-refractivity contribution is 6.03. The van der Waals surface area contributed by atoms with Crippen LogP contribution in [0.25, 0.3) is 5.82 Å². The Morgan fingerprint density at radius 3 is 2.96 bits per heavy atom. The molecule has 0 bridgehead atoms. The normalized spacial score (nSPS) is 13.0. The largest absolute Gasteiger partial charge is 0.326 e. The molecule has 0 saturated carbocycles. The van der Waals surface area contributed by atoms with E-state index in [-0.39, 0.29) is 11.8 Å². The predicted octanol–water partition coefficient (Wildman–Crippen LogP) is 3.62. The fraction of sp³-hybridized carbons (Fsp3) is 0.211. The van der Waals surface area contributed by atoms with E-state index in [1.807, 2.05) is 13.0 Å². The molecule has 0 fully saturated rings. The van der Waals surface area contributed by atoms with E-state index in [2.05, 4.69) is 28.4 Å². The van der Waals surface area contributed by atoms with E-state index in [0.29, 0.717) is 12.2 Å². The first-order chi connectivity index (χ1) is 12.5. The summed E-state index contributed by atoms with van der Waals surface area (Å²) in [5, 5.41) is 6.91. The van der Waals surface area contributed by atoms with Crippen molar-refractivity contribution in [2.75, 3.05) is 16.8 Å². The zero-order valence-electron chi connectivity index (χ0n) is 14.5. The molecule has 4 rings (SSSR count). The van der Waals surface area contributed by atoms with Crippen LogP contribution < -0.4 is 10.2 Å². The third-order valence-corrected chi connectivity index (χ3v) is 4.51. The summed E-state index contributed by atoms with van der Waals surface area (Å²) < 4.78 is 15.1. The lowest BCUT2D eigenvalue weighted by atomic mass is 10.0. The first kappa shape index (κ1) is 16.3. The maximum Gasteiger partial charge on any atom is 0.326 e. The summed E-state index contributed by atoms with van der Waals surface area (Å²) in [4.78, 5) is 18.4. The molecule has 1 aliphatic heterocycles. The monoisotopic (exact) mass is 351 g/mol. The summed E-state index contributed by atoms with van der Waals surface area (Å²) in [7, 11) is 0. The highest BCUT2D eigenvalue weighted by atomic mass is 19.1. The van der Waals surface area contributed by atoms with Crippen molar-refractivity contribution in [3.63, 3.8) is 0 Å². The second-order valence-corrected chi connectivity index (χ2v) is 6.39. The second-order valence-electron chi connectivity index (χ2n) is 6.39. The first-order valence-corrected chi connectivity index (χ1v) is 8.37. The fourth-order valence-corrected chi connectivity index (χ4v) is 3.34. The lowest BCUT2D eigenvalue weighted by Crippen LogP contribution is -2.33. The molecular weight excluding hydrogens is 333 g/mol. The number of urea groups is 1. The van der Waals surface area contributed by atoms with Gasteiger partial charge in [0.05, 0.1) is 18.1 Å². The Kier molecular flexibility index (Phi) is 3.91. The third kappa shape index (κ3) is 2.81. The van der Waals surface area contributed by atoms with E-state index >= 15 is 0 Å². The van der Waals surface area contributed by atoms with Crippen LogP contribution in [-0.4, -0.2) is 27.3 Å². The summed E-state index contributed by atoms with van der Waals surface area (Å²) in [5.41, 5.74) is 4.96. The SMILES string of the molecule is Cc1cc(C)c2c(c1)N(C(=O)Nc1cnn(-c3ncccc3F)c1)CC2. The Morgan fingerprint density at radius 2 is 2.15 bits per heavy atom. The molecule has 7 heteroatoms. The molecule has 1 aliphatic rings. The van der Waals surface area contributed by atoms with Crippen molar-refractivity contribution >= 4 is 17.4 Å². The maximum atomic E-state index is 13.8. The van der Waals surface area contributed by atoms with Crippen LogP contribution in [0.5, 0.6) is 0 Å². The molecule has 0 aliphatic carbocycles. The third-order valence-electron chi connectivity index (χ3n) is 4.51. The van der Waals surface area contributed by atoms with E-state index < -0.39 is 5.82 Å². The average Bonchev–Trinajstić information content (AvgIpc) is 3.22. The molecule has 0 radical (unpaired) electrons. The van der Waals surface area contributed by atoms with Crippen LogP contribution >= 0.6 is 0 Å². The molecule has 6 nitrogen and oxygen atoms in total.